The van der Waals surface area contributed by atoms with Gasteiger partial charge in [-0.15, -0.1) is 0 Å². The van der Waals surface area contributed by atoms with Crippen LogP contribution in [-0.2, 0) is 62.3 Å². The number of carbonyl (C=O) groups excluding carboxylic acids is 3. The van der Waals surface area contributed by atoms with Crippen LogP contribution in [0, 0.1) is 0 Å². The predicted molar refractivity (Wildman–Crippen MR) is 317 cm³/mol. The highest BCUT2D eigenvalue weighted by Gasteiger charge is 2.35. The summed E-state index contributed by atoms with van der Waals surface area (Å²) in [5.41, 5.74) is -2.46. The number of hydrogen-bond acceptors (Lipinski definition) is 18. The van der Waals surface area contributed by atoms with Crippen LogP contribution in [0.4, 0.5) is 14.4 Å². The van der Waals surface area contributed by atoms with E-state index in [0.29, 0.717) is 142 Å². The second-order valence-electron chi connectivity index (χ2n) is 25.0. The Labute approximate surface area is 494 Å². The molecule has 3 amide bonds. The smallest absolute Gasteiger partial charge is 0.407 e. The molecule has 3 aliphatic rings. The van der Waals surface area contributed by atoms with Gasteiger partial charge in [0, 0.05) is 104 Å². The number of unbranched alkanes of at least 4 members (excludes halogenated alkanes) is 9. The van der Waals surface area contributed by atoms with Crippen molar-refractivity contribution in [2.45, 2.75) is 233 Å². The Hall–Kier alpha value is -4.14. The van der Waals surface area contributed by atoms with Crippen molar-refractivity contribution in [2.24, 2.45) is 0 Å². The number of alkyl carbamates (subject to hydrolysis) is 3. The molecule has 0 aromatic carbocycles. The van der Waals surface area contributed by atoms with Crippen molar-refractivity contribution in [1.29, 1.82) is 0 Å². The zero-order valence-electron chi connectivity index (χ0n) is 52.8. The summed E-state index contributed by atoms with van der Waals surface area (Å²) >= 11 is 0. The Morgan fingerprint density at radius 1 is 0.470 bits per heavy atom. The van der Waals surface area contributed by atoms with E-state index in [1.54, 1.807) is 7.11 Å². The molecule has 3 aliphatic heterocycles. The first kappa shape index (κ1) is 71.3. The molecule has 24 nitrogen and oxygen atoms in total. The summed E-state index contributed by atoms with van der Waals surface area (Å²) in [6, 6.07) is 1.34. The topological polar surface area (TPSA) is 245 Å². The SMILES string of the molecule is COCCOCC(CN1CC1C)OC(=O)NCCCCCCn1c(=O)n(CCCCCCNC(=O)OC(COC(C)COC(C)(C)C)CN2CC2C)c(=O)n(CCCCCCNC(=O)OC(COC(C)COC(C)(C)C)CN2CC2C)c1=O. The standard InChI is InChI=1S/C59H109N9O15/c1-44-33-63(44)36-49(41-76-32-31-75-12)81-52(69)60-25-19-13-16-22-28-66-55(72)67(29-23-17-14-20-26-61-53(70)82-50(37-64-34-45(64)2)42-77-47(4)39-79-58(6,7)8)57(74)68(56(66)73)30-24-18-15-21-27-62-54(71)83-51(38-65-35-46(65)3)43-78-48(5)40-80-59(9,10)11/h44-51H,13-43H2,1-12H3,(H,60,69)(H,61,70)(H,62,71). The van der Waals surface area contributed by atoms with Gasteiger partial charge in [0.15, 0.2) is 0 Å². The maximum Gasteiger partial charge on any atom is 0.407 e. The van der Waals surface area contributed by atoms with E-state index in [-0.39, 0.29) is 62.9 Å². The molecule has 1 aromatic rings. The van der Waals surface area contributed by atoms with Crippen LogP contribution < -0.4 is 33.0 Å². The molecular formula is C59H109N9O15. The summed E-state index contributed by atoms with van der Waals surface area (Å²) in [6.45, 7) is 31.0. The molecule has 3 saturated heterocycles. The van der Waals surface area contributed by atoms with Crippen molar-refractivity contribution in [1.82, 2.24) is 44.4 Å². The van der Waals surface area contributed by atoms with Gasteiger partial charge in [0.25, 0.3) is 0 Å². The Bertz CT molecular complexity index is 2100. The van der Waals surface area contributed by atoms with E-state index in [9.17, 15) is 28.8 Å². The van der Waals surface area contributed by atoms with Crippen molar-refractivity contribution in [3.63, 3.8) is 0 Å². The predicted octanol–water partition coefficient (Wildman–Crippen LogP) is 5.35. The monoisotopic (exact) mass is 1180 g/mol. The number of rotatable bonds is 45. The van der Waals surface area contributed by atoms with Gasteiger partial charge < -0.3 is 58.6 Å². The number of methoxy groups -OCH3 is 1. The van der Waals surface area contributed by atoms with Gasteiger partial charge >= 0.3 is 35.3 Å². The fourth-order valence-electron chi connectivity index (χ4n) is 9.18. The third kappa shape index (κ3) is 31.2. The lowest BCUT2D eigenvalue weighted by Crippen LogP contribution is -2.54. The molecule has 0 spiro atoms. The molecule has 24 heteroatoms. The van der Waals surface area contributed by atoms with E-state index >= 15 is 0 Å². The molecule has 3 N–H and O–H groups in total. The van der Waals surface area contributed by atoms with Crippen molar-refractivity contribution < 1.29 is 57.0 Å². The summed E-state index contributed by atoms with van der Waals surface area (Å²) in [5, 5.41) is 8.55. The van der Waals surface area contributed by atoms with Gasteiger partial charge in [0.1, 0.15) is 18.3 Å². The average Bonchev–Trinajstić information content (AvgIpc) is 3.96. The van der Waals surface area contributed by atoms with Gasteiger partial charge in [-0.2, -0.15) is 0 Å². The largest absolute Gasteiger partial charge is 0.442 e. The van der Waals surface area contributed by atoms with Crippen molar-refractivity contribution in [2.75, 3.05) is 112 Å². The van der Waals surface area contributed by atoms with Crippen LogP contribution in [0.15, 0.2) is 14.4 Å². The third-order valence-electron chi connectivity index (χ3n) is 14.6. The van der Waals surface area contributed by atoms with Crippen LogP contribution in [0.2, 0.25) is 0 Å². The molecule has 1 aromatic heterocycles. The molecule has 0 aliphatic carbocycles. The van der Waals surface area contributed by atoms with E-state index < -0.39 is 53.7 Å². The zero-order valence-corrected chi connectivity index (χ0v) is 52.8. The maximum absolute atomic E-state index is 13.9. The number of carbonyl (C=O) groups is 3. The first-order chi connectivity index (χ1) is 39.4. The van der Waals surface area contributed by atoms with Gasteiger partial charge in [-0.3, -0.25) is 14.7 Å². The minimum absolute atomic E-state index is 0.138. The molecule has 4 rings (SSSR count). The molecule has 4 heterocycles. The number of nitrogens with one attached hydrogen (secondary N) is 3. The summed E-state index contributed by atoms with van der Waals surface area (Å²) in [5.74, 6) is 0. The van der Waals surface area contributed by atoms with Crippen LogP contribution in [0.5, 0.6) is 0 Å². The molecule has 0 bridgehead atoms. The molecule has 0 saturated carbocycles. The van der Waals surface area contributed by atoms with Gasteiger partial charge in [0.2, 0.25) is 0 Å². The van der Waals surface area contributed by atoms with Gasteiger partial charge in [-0.1, -0.05) is 38.5 Å². The molecular weight excluding hydrogens is 1070 g/mol. The van der Waals surface area contributed by atoms with Crippen molar-refractivity contribution in [3.8, 4) is 0 Å². The Morgan fingerprint density at radius 2 is 0.771 bits per heavy atom. The van der Waals surface area contributed by atoms with E-state index in [4.69, 9.17) is 42.6 Å². The highest BCUT2D eigenvalue weighted by Crippen LogP contribution is 2.20. The minimum Gasteiger partial charge on any atom is -0.442 e. The molecule has 83 heavy (non-hydrogen) atoms. The molecule has 3 fully saturated rings. The van der Waals surface area contributed by atoms with Crippen LogP contribution in [-0.4, -0.2) is 219 Å². The fraction of sp³-hybridized carbons (Fsp3) is 0.898. The van der Waals surface area contributed by atoms with E-state index in [0.717, 1.165) is 38.9 Å². The second kappa shape index (κ2) is 37.4. The van der Waals surface area contributed by atoms with E-state index in [2.05, 4.69) is 51.4 Å². The van der Waals surface area contributed by atoms with E-state index in [1.807, 2.05) is 55.4 Å². The lowest BCUT2D eigenvalue weighted by Gasteiger charge is -2.24. The zero-order chi connectivity index (χ0) is 61.0. The average molecular weight is 1180 g/mol. The van der Waals surface area contributed by atoms with Crippen LogP contribution >= 0.6 is 0 Å². The molecule has 0 radical (unpaired) electrons. The van der Waals surface area contributed by atoms with E-state index in [1.165, 1.54) is 13.7 Å². The first-order valence-corrected chi connectivity index (χ1v) is 31.0. The first-order valence-electron chi connectivity index (χ1n) is 31.0. The number of ether oxygens (including phenoxy) is 9. The normalized spacial score (nSPS) is 21.1. The van der Waals surface area contributed by atoms with Gasteiger partial charge in [0.05, 0.1) is 69.7 Å². The number of nitrogens with zero attached hydrogens (tertiary/aromatic N) is 6. The summed E-state index contributed by atoms with van der Waals surface area (Å²) in [7, 11) is 1.60. The summed E-state index contributed by atoms with van der Waals surface area (Å²) < 4.78 is 55.2. The summed E-state index contributed by atoms with van der Waals surface area (Å²) in [6.07, 6.45) is 4.67. The Balaban J connectivity index is 1.25. The van der Waals surface area contributed by atoms with Gasteiger partial charge in [-0.25, -0.2) is 42.5 Å². The molecule has 11 unspecified atom stereocenters. The minimum atomic E-state index is -0.631. The Morgan fingerprint density at radius 3 is 1.06 bits per heavy atom. The van der Waals surface area contributed by atoms with Crippen molar-refractivity contribution in [3.05, 3.63) is 31.5 Å². The number of hydrogen-bond donors (Lipinski definition) is 3. The molecule has 480 valence electrons. The quantitative estimate of drug-likeness (QED) is 0.0423. The molecule has 11 atom stereocenters. The lowest BCUT2D eigenvalue weighted by atomic mass is 10.2. The second-order valence-corrected chi connectivity index (χ2v) is 25.0. The third-order valence-corrected chi connectivity index (χ3v) is 14.6. The number of aromatic nitrogens is 3. The summed E-state index contributed by atoms with van der Waals surface area (Å²) in [4.78, 5) is 86.8. The highest BCUT2D eigenvalue weighted by molar-refractivity contribution is 5.68. The van der Waals surface area contributed by atoms with Gasteiger partial charge in [-0.05, 0) is 115 Å². The van der Waals surface area contributed by atoms with Crippen molar-refractivity contribution >= 4 is 18.3 Å². The van der Waals surface area contributed by atoms with Crippen LogP contribution in [0.25, 0.3) is 0 Å². The fourth-order valence-corrected chi connectivity index (χ4v) is 9.18. The highest BCUT2D eigenvalue weighted by atomic mass is 16.6. The van der Waals surface area contributed by atoms with Crippen LogP contribution in [0.3, 0.4) is 0 Å². The number of amides is 3. The maximum atomic E-state index is 13.9. The van der Waals surface area contributed by atoms with Crippen LogP contribution in [0.1, 0.15) is 153 Å². The Kier molecular flexibility index (Phi) is 32.2. The lowest BCUT2D eigenvalue weighted by molar-refractivity contribution is -0.0830.